The van der Waals surface area contributed by atoms with Crippen LogP contribution in [-0.2, 0) is 5.41 Å². The zero-order valence-electron chi connectivity index (χ0n) is 18.9. The summed E-state index contributed by atoms with van der Waals surface area (Å²) in [4.78, 5) is 0. The lowest BCUT2D eigenvalue weighted by atomic mass is 9.84. The smallest absolute Gasteiger partial charge is 0.127 e. The van der Waals surface area contributed by atoms with Crippen LogP contribution in [0.4, 0.5) is 4.39 Å². The normalized spacial score (nSPS) is 14.8. The third-order valence-electron chi connectivity index (χ3n) is 5.95. The Kier molecular flexibility index (Phi) is 5.58. The lowest BCUT2D eigenvalue weighted by molar-refractivity contribution is 0.480. The summed E-state index contributed by atoms with van der Waals surface area (Å²) in [6, 6.07) is 21.0. The first-order valence-electron chi connectivity index (χ1n) is 10.9. The maximum absolute atomic E-state index is 13.1. The van der Waals surface area contributed by atoms with Crippen molar-refractivity contribution in [3.05, 3.63) is 100 Å². The SMILES string of the molecule is CCC1=C(C)/C(=C/c2ccc(Oc3ccc(F)cc3)cc2)c2ccc(C(C)(C)C)cc21. The zero-order valence-corrected chi connectivity index (χ0v) is 18.9. The third kappa shape index (κ3) is 4.34. The quantitative estimate of drug-likeness (QED) is 0.416. The van der Waals surface area contributed by atoms with Gasteiger partial charge in [0.1, 0.15) is 17.3 Å². The van der Waals surface area contributed by atoms with E-state index >= 15 is 0 Å². The second kappa shape index (κ2) is 8.19. The molecule has 158 valence electrons. The van der Waals surface area contributed by atoms with Gasteiger partial charge in [-0.25, -0.2) is 4.39 Å². The molecule has 3 aromatic carbocycles. The summed E-state index contributed by atoms with van der Waals surface area (Å²) in [5, 5.41) is 0. The van der Waals surface area contributed by atoms with Gasteiger partial charge in [0.25, 0.3) is 0 Å². The van der Waals surface area contributed by atoms with Gasteiger partial charge in [-0.15, -0.1) is 0 Å². The van der Waals surface area contributed by atoms with Gasteiger partial charge in [0.15, 0.2) is 0 Å². The maximum Gasteiger partial charge on any atom is 0.127 e. The summed E-state index contributed by atoms with van der Waals surface area (Å²) in [6.45, 7) is 11.2. The Morgan fingerprint density at radius 3 is 2.03 bits per heavy atom. The van der Waals surface area contributed by atoms with E-state index < -0.39 is 0 Å². The summed E-state index contributed by atoms with van der Waals surface area (Å²) in [5.41, 5.74) is 9.40. The highest BCUT2D eigenvalue weighted by Crippen LogP contribution is 2.44. The van der Waals surface area contributed by atoms with Crippen LogP contribution in [0.2, 0.25) is 0 Å². The van der Waals surface area contributed by atoms with E-state index in [9.17, 15) is 4.39 Å². The van der Waals surface area contributed by atoms with Crippen molar-refractivity contribution in [1.29, 1.82) is 0 Å². The van der Waals surface area contributed by atoms with Crippen molar-refractivity contribution >= 4 is 17.2 Å². The first-order valence-corrected chi connectivity index (χ1v) is 10.9. The van der Waals surface area contributed by atoms with Crippen LogP contribution in [0.25, 0.3) is 17.2 Å². The van der Waals surface area contributed by atoms with E-state index in [2.05, 4.69) is 71.0 Å². The van der Waals surface area contributed by atoms with Gasteiger partial charge >= 0.3 is 0 Å². The molecule has 0 amide bonds. The van der Waals surface area contributed by atoms with Crippen molar-refractivity contribution in [1.82, 2.24) is 0 Å². The van der Waals surface area contributed by atoms with Crippen LogP contribution in [0.3, 0.4) is 0 Å². The van der Waals surface area contributed by atoms with Gasteiger partial charge in [-0.05, 0) is 100 Å². The minimum atomic E-state index is -0.268. The minimum Gasteiger partial charge on any atom is -0.457 e. The lowest BCUT2D eigenvalue weighted by Crippen LogP contribution is -2.11. The van der Waals surface area contributed by atoms with Crippen LogP contribution >= 0.6 is 0 Å². The Morgan fingerprint density at radius 2 is 1.45 bits per heavy atom. The number of hydrogen-bond donors (Lipinski definition) is 0. The molecule has 4 rings (SSSR count). The first kappa shape index (κ1) is 21.1. The Morgan fingerprint density at radius 1 is 0.839 bits per heavy atom. The summed E-state index contributed by atoms with van der Waals surface area (Å²) in [5.74, 6) is 1.09. The molecule has 0 aromatic heterocycles. The Balaban J connectivity index is 1.64. The van der Waals surface area contributed by atoms with E-state index in [1.165, 1.54) is 45.5 Å². The van der Waals surface area contributed by atoms with Gasteiger partial charge in [0, 0.05) is 0 Å². The van der Waals surface area contributed by atoms with E-state index in [0.717, 1.165) is 17.7 Å². The molecule has 31 heavy (non-hydrogen) atoms. The van der Waals surface area contributed by atoms with Gasteiger partial charge < -0.3 is 4.74 Å². The number of rotatable bonds is 4. The molecular formula is C29H29FO. The van der Waals surface area contributed by atoms with Crippen LogP contribution in [0.1, 0.15) is 63.3 Å². The summed E-state index contributed by atoms with van der Waals surface area (Å²) >= 11 is 0. The third-order valence-corrected chi connectivity index (χ3v) is 5.95. The highest BCUT2D eigenvalue weighted by Gasteiger charge is 2.25. The lowest BCUT2D eigenvalue weighted by Gasteiger charge is -2.20. The van der Waals surface area contributed by atoms with Crippen molar-refractivity contribution in [3.63, 3.8) is 0 Å². The van der Waals surface area contributed by atoms with Crippen LogP contribution in [-0.4, -0.2) is 0 Å². The molecule has 2 heteroatoms. The van der Waals surface area contributed by atoms with Crippen LogP contribution in [0.5, 0.6) is 11.5 Å². The van der Waals surface area contributed by atoms with E-state index in [0.29, 0.717) is 5.75 Å². The molecule has 0 atom stereocenters. The molecular weight excluding hydrogens is 383 g/mol. The topological polar surface area (TPSA) is 9.23 Å². The van der Waals surface area contributed by atoms with Gasteiger partial charge in [0.05, 0.1) is 0 Å². The molecule has 3 aromatic rings. The van der Waals surface area contributed by atoms with Gasteiger partial charge in [-0.2, -0.15) is 0 Å². The number of ether oxygens (including phenoxy) is 1. The van der Waals surface area contributed by atoms with E-state index in [-0.39, 0.29) is 11.2 Å². The van der Waals surface area contributed by atoms with Crippen molar-refractivity contribution in [2.24, 2.45) is 0 Å². The number of hydrogen-bond acceptors (Lipinski definition) is 1. The zero-order chi connectivity index (χ0) is 22.2. The molecule has 0 aliphatic heterocycles. The summed E-state index contributed by atoms with van der Waals surface area (Å²) in [7, 11) is 0. The molecule has 0 fully saturated rings. The average Bonchev–Trinajstić information content (AvgIpc) is 3.00. The highest BCUT2D eigenvalue weighted by molar-refractivity contribution is 6.05. The molecule has 1 aliphatic carbocycles. The number of benzene rings is 3. The van der Waals surface area contributed by atoms with E-state index in [1.54, 1.807) is 12.1 Å². The van der Waals surface area contributed by atoms with Crippen molar-refractivity contribution in [3.8, 4) is 11.5 Å². The van der Waals surface area contributed by atoms with E-state index in [1.807, 2.05) is 12.1 Å². The molecule has 0 bridgehead atoms. The second-order valence-electron chi connectivity index (χ2n) is 9.15. The molecule has 0 heterocycles. The molecule has 0 saturated carbocycles. The average molecular weight is 413 g/mol. The molecule has 0 N–H and O–H groups in total. The fourth-order valence-corrected chi connectivity index (χ4v) is 4.14. The van der Waals surface area contributed by atoms with Crippen molar-refractivity contribution in [2.45, 2.75) is 46.5 Å². The number of halogens is 1. The van der Waals surface area contributed by atoms with Gasteiger partial charge in [-0.1, -0.05) is 58.0 Å². The van der Waals surface area contributed by atoms with Crippen molar-refractivity contribution < 1.29 is 9.13 Å². The standard InChI is InChI=1S/C29H29FO/c1-6-25-19(2)27(26-16-9-21(18-28(25)26)29(3,4)5)17-20-7-12-23(13-8-20)31-24-14-10-22(30)11-15-24/h7-18H,6H2,1-5H3/b27-17-. The number of fused-ring (bicyclic) bond motifs is 1. The number of allylic oxidation sites excluding steroid dienone is 3. The van der Waals surface area contributed by atoms with Gasteiger partial charge in [-0.3, -0.25) is 0 Å². The molecule has 0 radical (unpaired) electrons. The van der Waals surface area contributed by atoms with Crippen molar-refractivity contribution in [2.75, 3.05) is 0 Å². The van der Waals surface area contributed by atoms with Gasteiger partial charge in [0.2, 0.25) is 0 Å². The molecule has 0 saturated heterocycles. The Labute approximate surface area is 184 Å². The summed E-state index contributed by atoms with van der Waals surface area (Å²) in [6.07, 6.45) is 3.28. The monoisotopic (exact) mass is 412 g/mol. The fraction of sp³-hybridized carbons (Fsp3) is 0.241. The van der Waals surface area contributed by atoms with E-state index in [4.69, 9.17) is 4.74 Å². The molecule has 0 spiro atoms. The second-order valence-corrected chi connectivity index (χ2v) is 9.15. The predicted molar refractivity (Wildman–Crippen MR) is 129 cm³/mol. The van der Waals surface area contributed by atoms with Crippen LogP contribution in [0.15, 0.2) is 72.3 Å². The fourth-order valence-electron chi connectivity index (χ4n) is 4.14. The highest BCUT2D eigenvalue weighted by atomic mass is 19.1. The summed E-state index contributed by atoms with van der Waals surface area (Å²) < 4.78 is 18.9. The largest absolute Gasteiger partial charge is 0.457 e. The molecule has 1 nitrogen and oxygen atoms in total. The predicted octanol–water partition coefficient (Wildman–Crippen LogP) is 8.65. The van der Waals surface area contributed by atoms with Crippen LogP contribution in [0, 0.1) is 5.82 Å². The minimum absolute atomic E-state index is 0.134. The maximum atomic E-state index is 13.1. The first-order chi connectivity index (χ1) is 14.8. The Bertz CT molecular complexity index is 1160. The molecule has 1 aliphatic rings. The van der Waals surface area contributed by atoms with Crippen LogP contribution < -0.4 is 4.74 Å². The molecule has 0 unspecified atom stereocenters. The Hall–Kier alpha value is -3.13.